The van der Waals surface area contributed by atoms with Crippen LogP contribution >= 0.6 is 11.6 Å². The standard InChI is InChI=1S/C29H28ClN7O5/c1-35(18-27(39)36(14-15-38)25-17-22(30)10-13-24(25)37-19-31-33-34-37)26(16-20-6-4-3-5-7-20)28(40)32-23-11-8-21(9-12-23)29(41)42-2/h3-13,15,17,19,26H,14,16,18H2,1-2H3,(H,32,40). The number of hydrogen-bond acceptors (Lipinski definition) is 9. The van der Waals surface area contributed by atoms with E-state index in [4.69, 9.17) is 16.3 Å². The fraction of sp³-hybridized carbons (Fsp3) is 0.207. The lowest BCUT2D eigenvalue weighted by Gasteiger charge is -2.30. The molecule has 2 amide bonds. The van der Waals surface area contributed by atoms with Crippen molar-refractivity contribution in [1.29, 1.82) is 0 Å². The summed E-state index contributed by atoms with van der Waals surface area (Å²) in [4.78, 5) is 53.6. The van der Waals surface area contributed by atoms with Crippen LogP contribution < -0.4 is 10.2 Å². The Morgan fingerprint density at radius 3 is 2.45 bits per heavy atom. The molecule has 4 rings (SSSR count). The van der Waals surface area contributed by atoms with E-state index in [1.807, 2.05) is 30.3 Å². The van der Waals surface area contributed by atoms with Crippen molar-refractivity contribution in [2.75, 3.05) is 37.5 Å². The van der Waals surface area contributed by atoms with E-state index in [9.17, 15) is 19.2 Å². The third-order valence-corrected chi connectivity index (χ3v) is 6.68. The SMILES string of the molecule is COC(=O)c1ccc(NC(=O)C(Cc2ccccc2)N(C)CC(=O)N(CC=O)c2cc(Cl)ccc2-n2cnnn2)cc1. The fourth-order valence-electron chi connectivity index (χ4n) is 4.32. The number of nitrogens with zero attached hydrogens (tertiary/aromatic N) is 6. The second-order valence-corrected chi connectivity index (χ2v) is 9.67. The molecule has 0 aliphatic carbocycles. The van der Waals surface area contributed by atoms with Crippen LogP contribution in [0.2, 0.25) is 5.02 Å². The smallest absolute Gasteiger partial charge is 0.337 e. The topological polar surface area (TPSA) is 140 Å². The second-order valence-electron chi connectivity index (χ2n) is 9.24. The van der Waals surface area contributed by atoms with Crippen molar-refractivity contribution in [3.05, 3.63) is 95.3 Å². The molecule has 0 saturated heterocycles. The molecule has 1 aromatic heterocycles. The lowest BCUT2D eigenvalue weighted by Crippen LogP contribution is -2.49. The van der Waals surface area contributed by atoms with Crippen LogP contribution in [-0.4, -0.2) is 82.5 Å². The van der Waals surface area contributed by atoms with Crippen LogP contribution in [0, 0.1) is 0 Å². The lowest BCUT2D eigenvalue weighted by atomic mass is 10.0. The van der Waals surface area contributed by atoms with Gasteiger partial charge in [-0.25, -0.2) is 4.79 Å². The Balaban J connectivity index is 1.58. The number of rotatable bonds is 12. The third kappa shape index (κ3) is 7.42. The van der Waals surface area contributed by atoms with Crippen molar-refractivity contribution in [2.24, 2.45) is 0 Å². The predicted octanol–water partition coefficient (Wildman–Crippen LogP) is 2.82. The van der Waals surface area contributed by atoms with E-state index in [1.54, 1.807) is 54.4 Å². The van der Waals surface area contributed by atoms with Crippen molar-refractivity contribution in [3.63, 3.8) is 0 Å². The number of aromatic nitrogens is 4. The van der Waals surface area contributed by atoms with Gasteiger partial charge in [0.2, 0.25) is 11.8 Å². The molecule has 3 aromatic carbocycles. The van der Waals surface area contributed by atoms with E-state index >= 15 is 0 Å². The van der Waals surface area contributed by atoms with Crippen LogP contribution in [0.5, 0.6) is 0 Å². The molecular formula is C29H28ClN7O5. The largest absolute Gasteiger partial charge is 0.465 e. The Morgan fingerprint density at radius 2 is 1.81 bits per heavy atom. The molecule has 13 heteroatoms. The summed E-state index contributed by atoms with van der Waals surface area (Å²) in [5.41, 5.74) is 2.47. The van der Waals surface area contributed by atoms with Gasteiger partial charge in [0.05, 0.1) is 43.2 Å². The van der Waals surface area contributed by atoms with Gasteiger partial charge in [-0.3, -0.25) is 14.5 Å². The number of carbonyl (C=O) groups is 4. The van der Waals surface area contributed by atoms with Gasteiger partial charge in [-0.15, -0.1) is 5.10 Å². The molecular weight excluding hydrogens is 562 g/mol. The normalized spacial score (nSPS) is 11.5. The summed E-state index contributed by atoms with van der Waals surface area (Å²) < 4.78 is 6.08. The number of methoxy groups -OCH3 is 1. The van der Waals surface area contributed by atoms with Crippen LogP contribution in [0.15, 0.2) is 79.1 Å². The van der Waals surface area contributed by atoms with Crippen molar-refractivity contribution < 1.29 is 23.9 Å². The molecule has 0 spiro atoms. The number of ether oxygens (including phenoxy) is 1. The number of esters is 1. The number of halogens is 1. The van der Waals surface area contributed by atoms with E-state index in [2.05, 4.69) is 20.8 Å². The number of hydrogen-bond donors (Lipinski definition) is 1. The minimum atomic E-state index is -0.770. The average Bonchev–Trinajstić information content (AvgIpc) is 3.54. The van der Waals surface area contributed by atoms with Gasteiger partial charge in [-0.1, -0.05) is 41.9 Å². The summed E-state index contributed by atoms with van der Waals surface area (Å²) in [7, 11) is 2.95. The molecule has 0 aliphatic heterocycles. The molecule has 1 unspecified atom stereocenters. The van der Waals surface area contributed by atoms with Crippen molar-refractivity contribution >= 4 is 47.0 Å². The highest BCUT2D eigenvalue weighted by Crippen LogP contribution is 2.28. The maximum Gasteiger partial charge on any atom is 0.337 e. The van der Waals surface area contributed by atoms with E-state index in [0.717, 1.165) is 5.56 Å². The number of benzene rings is 3. The summed E-state index contributed by atoms with van der Waals surface area (Å²) in [5.74, 6) is -1.30. The summed E-state index contributed by atoms with van der Waals surface area (Å²) >= 11 is 6.25. The first-order chi connectivity index (χ1) is 20.3. The minimum absolute atomic E-state index is 0.207. The van der Waals surface area contributed by atoms with Crippen molar-refractivity contribution in [3.8, 4) is 5.69 Å². The molecule has 4 aromatic rings. The number of likely N-dealkylation sites (N-methyl/N-ethyl adjacent to an activating group) is 1. The van der Waals surface area contributed by atoms with Gasteiger partial charge in [0.15, 0.2) is 0 Å². The summed E-state index contributed by atoms with van der Waals surface area (Å²) in [6.07, 6.45) is 2.27. The van der Waals surface area contributed by atoms with Crippen molar-refractivity contribution in [1.82, 2.24) is 25.1 Å². The molecule has 216 valence electrons. The number of anilines is 2. The monoisotopic (exact) mass is 589 g/mol. The van der Waals surface area contributed by atoms with Gasteiger partial charge in [0.1, 0.15) is 12.6 Å². The van der Waals surface area contributed by atoms with E-state index < -0.39 is 17.9 Å². The van der Waals surface area contributed by atoms with E-state index in [1.165, 1.54) is 23.0 Å². The molecule has 1 atom stereocenters. The Labute approximate surface area is 246 Å². The maximum absolute atomic E-state index is 13.7. The molecule has 1 heterocycles. The highest BCUT2D eigenvalue weighted by Gasteiger charge is 2.28. The highest BCUT2D eigenvalue weighted by molar-refractivity contribution is 6.31. The average molecular weight is 590 g/mol. The first-order valence-corrected chi connectivity index (χ1v) is 13.2. The first kappa shape index (κ1) is 30.0. The first-order valence-electron chi connectivity index (χ1n) is 12.8. The van der Waals surface area contributed by atoms with Crippen molar-refractivity contribution in [2.45, 2.75) is 12.5 Å². The van der Waals surface area contributed by atoms with Crippen LogP contribution in [0.4, 0.5) is 11.4 Å². The number of tetrazole rings is 1. The zero-order valence-electron chi connectivity index (χ0n) is 22.9. The van der Waals surface area contributed by atoms with Crippen LogP contribution in [0.25, 0.3) is 5.69 Å². The van der Waals surface area contributed by atoms with Gasteiger partial charge in [-0.05, 0) is 71.9 Å². The van der Waals surface area contributed by atoms with Gasteiger partial charge in [0.25, 0.3) is 0 Å². The zero-order chi connectivity index (χ0) is 30.1. The molecule has 0 bridgehead atoms. The summed E-state index contributed by atoms with van der Waals surface area (Å²) in [5, 5.41) is 14.4. The Morgan fingerprint density at radius 1 is 1.07 bits per heavy atom. The molecule has 0 saturated carbocycles. The Hall–Kier alpha value is -4.94. The van der Waals surface area contributed by atoms with E-state index in [-0.39, 0.29) is 19.0 Å². The number of nitrogens with one attached hydrogen (secondary N) is 1. The lowest BCUT2D eigenvalue weighted by molar-refractivity contribution is -0.124. The third-order valence-electron chi connectivity index (χ3n) is 6.45. The summed E-state index contributed by atoms with van der Waals surface area (Å²) in [6, 6.07) is 19.7. The quantitative estimate of drug-likeness (QED) is 0.195. The molecule has 0 radical (unpaired) electrons. The maximum atomic E-state index is 13.7. The van der Waals surface area contributed by atoms with Gasteiger partial charge >= 0.3 is 5.97 Å². The second kappa shape index (κ2) is 14.1. The van der Waals surface area contributed by atoms with Gasteiger partial charge in [-0.2, -0.15) is 4.68 Å². The predicted molar refractivity (Wildman–Crippen MR) is 156 cm³/mol. The zero-order valence-corrected chi connectivity index (χ0v) is 23.6. The van der Waals surface area contributed by atoms with E-state index in [0.29, 0.717) is 40.4 Å². The van der Waals surface area contributed by atoms with Crippen LogP contribution in [0.3, 0.4) is 0 Å². The van der Waals surface area contributed by atoms with Gasteiger partial charge in [0, 0.05) is 10.7 Å². The molecule has 42 heavy (non-hydrogen) atoms. The Bertz CT molecular complexity index is 1530. The summed E-state index contributed by atoms with van der Waals surface area (Å²) in [6.45, 7) is -0.466. The molecule has 1 N–H and O–H groups in total. The number of carbonyl (C=O) groups excluding carboxylic acids is 4. The molecule has 12 nitrogen and oxygen atoms in total. The molecule has 0 aliphatic rings. The van der Waals surface area contributed by atoms with Gasteiger partial charge < -0.3 is 19.7 Å². The fourth-order valence-corrected chi connectivity index (χ4v) is 4.48. The number of aldehydes is 1. The number of amides is 2. The minimum Gasteiger partial charge on any atom is -0.465 e. The molecule has 0 fully saturated rings. The Kier molecular flexibility index (Phi) is 10.1. The highest BCUT2D eigenvalue weighted by atomic mass is 35.5. The van der Waals surface area contributed by atoms with Crippen LogP contribution in [0.1, 0.15) is 15.9 Å². The van der Waals surface area contributed by atoms with Crippen LogP contribution in [-0.2, 0) is 25.5 Å².